The van der Waals surface area contributed by atoms with Crippen molar-refractivity contribution in [1.29, 1.82) is 0 Å². The van der Waals surface area contributed by atoms with Crippen LogP contribution in [0.5, 0.6) is 5.75 Å². The van der Waals surface area contributed by atoms with Crippen molar-refractivity contribution < 1.29 is 14.3 Å². The van der Waals surface area contributed by atoms with Crippen molar-refractivity contribution in [2.45, 2.75) is 43.8 Å². The Hall–Kier alpha value is -3.30. The number of carbonyl (C=O) groups excluding carboxylic acids is 2. The van der Waals surface area contributed by atoms with Crippen LogP contribution in [-0.4, -0.2) is 63.7 Å². The second-order valence-electron chi connectivity index (χ2n) is 10.0. The summed E-state index contributed by atoms with van der Waals surface area (Å²) in [6.45, 7) is 4.61. The highest BCUT2D eigenvalue weighted by molar-refractivity contribution is 7.99. The largest absolute Gasteiger partial charge is 0.415 e. The number of ether oxygens (including phenoxy) is 1. The molecule has 2 aliphatic heterocycles. The van der Waals surface area contributed by atoms with Gasteiger partial charge in [0.1, 0.15) is 5.75 Å². The molecule has 0 unspecified atom stereocenters. The predicted octanol–water partition coefficient (Wildman–Crippen LogP) is 5.65. The Morgan fingerprint density at radius 3 is 2.39 bits per heavy atom. The monoisotopic (exact) mass is 533 g/mol. The minimum atomic E-state index is -0.330. The van der Waals surface area contributed by atoms with E-state index in [9.17, 15) is 9.59 Å². The summed E-state index contributed by atoms with van der Waals surface area (Å²) in [6, 6.07) is 14.8. The molecule has 2 amide bonds. The van der Waals surface area contributed by atoms with Gasteiger partial charge in [0, 0.05) is 49.0 Å². The number of piperidine rings is 2. The van der Waals surface area contributed by atoms with Gasteiger partial charge in [-0.05, 0) is 86.7 Å². The third kappa shape index (κ3) is 7.39. The lowest BCUT2D eigenvalue weighted by molar-refractivity contribution is 0.102. The molecular formula is C29H35N5O3S. The van der Waals surface area contributed by atoms with E-state index in [1.807, 2.05) is 30.5 Å². The van der Waals surface area contributed by atoms with Crippen LogP contribution in [-0.2, 0) is 6.54 Å². The van der Waals surface area contributed by atoms with Crippen LogP contribution in [0.2, 0.25) is 0 Å². The Kier molecular flexibility index (Phi) is 8.98. The number of aromatic nitrogens is 2. The Balaban J connectivity index is 1.05. The second kappa shape index (κ2) is 13.0. The molecule has 2 aromatic carbocycles. The molecule has 2 N–H and O–H groups in total. The number of amides is 2. The van der Waals surface area contributed by atoms with Crippen molar-refractivity contribution in [3.05, 3.63) is 72.1 Å². The topological polar surface area (TPSA) is 90.6 Å². The number of imidazole rings is 1. The molecule has 38 heavy (non-hydrogen) atoms. The average Bonchev–Trinajstić information content (AvgIpc) is 3.48. The molecule has 0 atom stereocenters. The highest BCUT2D eigenvalue weighted by Gasteiger charge is 2.24. The van der Waals surface area contributed by atoms with Gasteiger partial charge in [-0.25, -0.2) is 9.78 Å². The highest BCUT2D eigenvalue weighted by atomic mass is 32.2. The van der Waals surface area contributed by atoms with Crippen molar-refractivity contribution in [3.63, 3.8) is 0 Å². The van der Waals surface area contributed by atoms with Gasteiger partial charge in [0.2, 0.25) is 0 Å². The van der Waals surface area contributed by atoms with Crippen LogP contribution in [0, 0.1) is 5.92 Å². The zero-order valence-corrected chi connectivity index (χ0v) is 22.4. The van der Waals surface area contributed by atoms with Gasteiger partial charge in [0.05, 0.1) is 0 Å². The quantitative estimate of drug-likeness (QED) is 0.364. The fourth-order valence-electron chi connectivity index (χ4n) is 4.92. The number of carbonyl (C=O) groups is 2. The van der Waals surface area contributed by atoms with Crippen LogP contribution in [0.1, 0.15) is 48.0 Å². The summed E-state index contributed by atoms with van der Waals surface area (Å²) in [6.07, 6.45) is 9.02. The molecule has 1 aromatic heterocycles. The minimum Gasteiger partial charge on any atom is -0.410 e. The summed E-state index contributed by atoms with van der Waals surface area (Å²) < 4.78 is 5.58. The fourth-order valence-corrected chi connectivity index (χ4v) is 5.93. The smallest absolute Gasteiger partial charge is 0.410 e. The van der Waals surface area contributed by atoms with Crippen molar-refractivity contribution in [2.24, 2.45) is 5.92 Å². The molecular weight excluding hydrogens is 498 g/mol. The van der Waals surface area contributed by atoms with Gasteiger partial charge in [0.15, 0.2) is 5.16 Å². The number of hydrogen-bond acceptors (Lipinski definition) is 6. The number of H-pyrrole nitrogens is 1. The van der Waals surface area contributed by atoms with Crippen LogP contribution in [0.15, 0.2) is 66.1 Å². The van der Waals surface area contributed by atoms with Gasteiger partial charge in [-0.2, -0.15) is 0 Å². The number of anilines is 1. The highest BCUT2D eigenvalue weighted by Crippen LogP contribution is 2.25. The summed E-state index contributed by atoms with van der Waals surface area (Å²) >= 11 is 1.72. The first-order valence-electron chi connectivity index (χ1n) is 13.4. The number of rotatable bonds is 8. The van der Waals surface area contributed by atoms with Crippen molar-refractivity contribution in [3.8, 4) is 5.75 Å². The van der Waals surface area contributed by atoms with E-state index in [1.54, 1.807) is 47.1 Å². The van der Waals surface area contributed by atoms with Crippen LogP contribution in [0.4, 0.5) is 10.5 Å². The number of nitrogens with one attached hydrogen (secondary N) is 2. The first-order valence-corrected chi connectivity index (χ1v) is 14.4. The van der Waals surface area contributed by atoms with Crippen LogP contribution in [0.3, 0.4) is 0 Å². The SMILES string of the molecule is O=C(Nc1ccc(OC(=O)N2CCC(CSc3ncc[nH]3)CC2)cc1)c1ccc(CN2CCCCC2)cc1. The number of hydrogen-bond donors (Lipinski definition) is 2. The Bertz CT molecular complexity index is 1170. The molecule has 0 spiro atoms. The fraction of sp³-hybridized carbons (Fsp3) is 0.414. The van der Waals surface area contributed by atoms with Crippen molar-refractivity contribution in [2.75, 3.05) is 37.2 Å². The molecule has 0 radical (unpaired) electrons. The first kappa shape index (κ1) is 26.3. The molecule has 2 fully saturated rings. The number of aromatic amines is 1. The normalized spacial score (nSPS) is 16.8. The van der Waals surface area contributed by atoms with E-state index in [-0.39, 0.29) is 12.0 Å². The molecule has 0 aliphatic carbocycles. The molecule has 9 heteroatoms. The molecule has 5 rings (SSSR count). The lowest BCUT2D eigenvalue weighted by Gasteiger charge is -2.30. The number of likely N-dealkylation sites (tertiary alicyclic amines) is 2. The Labute approximate surface area is 228 Å². The number of thioether (sulfide) groups is 1. The summed E-state index contributed by atoms with van der Waals surface area (Å²) in [5, 5.41) is 3.86. The van der Waals surface area contributed by atoms with E-state index in [1.165, 1.54) is 24.8 Å². The third-order valence-electron chi connectivity index (χ3n) is 7.19. The van der Waals surface area contributed by atoms with Gasteiger partial charge in [-0.3, -0.25) is 9.69 Å². The molecule has 200 valence electrons. The predicted molar refractivity (Wildman–Crippen MR) is 150 cm³/mol. The number of benzene rings is 2. The average molecular weight is 534 g/mol. The lowest BCUT2D eigenvalue weighted by Crippen LogP contribution is -2.40. The van der Waals surface area contributed by atoms with E-state index in [0.717, 1.165) is 43.4 Å². The maximum atomic E-state index is 12.7. The van der Waals surface area contributed by atoms with Gasteiger partial charge in [-0.1, -0.05) is 30.3 Å². The lowest BCUT2D eigenvalue weighted by atomic mass is 9.99. The van der Waals surface area contributed by atoms with Crippen LogP contribution in [0.25, 0.3) is 0 Å². The van der Waals surface area contributed by atoms with Crippen molar-refractivity contribution >= 4 is 29.4 Å². The van der Waals surface area contributed by atoms with E-state index < -0.39 is 0 Å². The molecule has 3 heterocycles. The Morgan fingerprint density at radius 2 is 1.71 bits per heavy atom. The molecule has 0 saturated carbocycles. The third-order valence-corrected chi connectivity index (χ3v) is 8.32. The van der Waals surface area contributed by atoms with Gasteiger partial charge in [0.25, 0.3) is 5.91 Å². The van der Waals surface area contributed by atoms with Crippen molar-refractivity contribution in [1.82, 2.24) is 19.8 Å². The summed E-state index contributed by atoms with van der Waals surface area (Å²) in [5.41, 5.74) is 2.50. The summed E-state index contributed by atoms with van der Waals surface area (Å²) in [7, 11) is 0. The minimum absolute atomic E-state index is 0.160. The first-order chi connectivity index (χ1) is 18.6. The number of nitrogens with zero attached hydrogens (tertiary/aromatic N) is 3. The molecule has 0 bridgehead atoms. The summed E-state index contributed by atoms with van der Waals surface area (Å²) in [5.74, 6) is 1.85. The van der Waals surface area contributed by atoms with E-state index >= 15 is 0 Å². The standard InChI is InChI=1S/C29H35N5O3S/c35-27(24-6-4-22(5-7-24)20-33-16-2-1-3-17-33)32-25-8-10-26(11-9-25)37-29(36)34-18-12-23(13-19-34)21-38-28-30-14-15-31-28/h4-11,14-15,23H,1-3,12-13,16-21H2,(H,30,31)(H,32,35). The van der Waals surface area contributed by atoms with E-state index in [2.05, 4.69) is 20.2 Å². The maximum Gasteiger partial charge on any atom is 0.415 e. The summed E-state index contributed by atoms with van der Waals surface area (Å²) in [4.78, 5) is 36.9. The molecule has 8 nitrogen and oxygen atoms in total. The van der Waals surface area contributed by atoms with Gasteiger partial charge >= 0.3 is 6.09 Å². The molecule has 2 saturated heterocycles. The zero-order chi connectivity index (χ0) is 26.2. The second-order valence-corrected chi connectivity index (χ2v) is 11.0. The molecule has 2 aliphatic rings. The zero-order valence-electron chi connectivity index (χ0n) is 21.6. The van der Waals surface area contributed by atoms with E-state index in [4.69, 9.17) is 4.74 Å². The molecule has 3 aromatic rings. The Morgan fingerprint density at radius 1 is 0.974 bits per heavy atom. The van der Waals surface area contributed by atoms with E-state index in [0.29, 0.717) is 36.0 Å². The van der Waals surface area contributed by atoms with Crippen LogP contribution < -0.4 is 10.1 Å². The maximum absolute atomic E-state index is 12.7. The van der Waals surface area contributed by atoms with Gasteiger partial charge in [-0.15, -0.1) is 0 Å². The van der Waals surface area contributed by atoms with Gasteiger partial charge < -0.3 is 19.9 Å². The van der Waals surface area contributed by atoms with Crippen LogP contribution >= 0.6 is 11.8 Å².